The number of piperidine rings is 1. The number of thiazole rings is 1. The number of nitrogens with zero attached hydrogens (tertiary/aromatic N) is 3. The van der Waals surface area contributed by atoms with Crippen molar-refractivity contribution in [3.63, 3.8) is 0 Å². The van der Waals surface area contributed by atoms with Crippen molar-refractivity contribution in [1.82, 2.24) is 4.57 Å². The molecule has 1 saturated heterocycles. The Morgan fingerprint density at radius 2 is 2.09 bits per heavy atom. The van der Waals surface area contributed by atoms with Crippen LogP contribution in [0, 0.1) is 5.92 Å². The van der Waals surface area contributed by atoms with Crippen LogP contribution in [0.2, 0.25) is 0 Å². The van der Waals surface area contributed by atoms with E-state index in [1.165, 1.54) is 22.7 Å². The zero-order chi connectivity index (χ0) is 23.8. The van der Waals surface area contributed by atoms with Crippen molar-refractivity contribution in [3.05, 3.63) is 71.2 Å². The third kappa shape index (κ3) is 4.18. The molecule has 0 saturated carbocycles. The molecule has 0 aromatic carbocycles. The number of anilines is 1. The maximum Gasteiger partial charge on any atom is 0.338 e. The Bertz CT molecular complexity index is 1400. The van der Waals surface area contributed by atoms with Crippen molar-refractivity contribution < 1.29 is 13.9 Å². The highest BCUT2D eigenvalue weighted by Gasteiger charge is 2.34. The smallest absolute Gasteiger partial charge is 0.338 e. The van der Waals surface area contributed by atoms with Crippen LogP contribution in [0.3, 0.4) is 0 Å². The molecule has 2 aliphatic rings. The van der Waals surface area contributed by atoms with Crippen LogP contribution in [-0.4, -0.2) is 30.2 Å². The van der Waals surface area contributed by atoms with Crippen molar-refractivity contribution in [2.75, 3.05) is 24.6 Å². The van der Waals surface area contributed by atoms with Gasteiger partial charge in [-0.3, -0.25) is 9.36 Å². The molecular formula is C25H27N3O4S2. The van der Waals surface area contributed by atoms with E-state index < -0.39 is 12.0 Å². The number of aromatic nitrogens is 1. The summed E-state index contributed by atoms with van der Waals surface area (Å²) in [6, 6.07) is 7.16. The van der Waals surface area contributed by atoms with Crippen LogP contribution in [0.25, 0.3) is 6.08 Å². The molecule has 178 valence electrons. The van der Waals surface area contributed by atoms with Gasteiger partial charge in [-0.25, -0.2) is 9.79 Å². The second-order valence-corrected chi connectivity index (χ2v) is 10.7. The largest absolute Gasteiger partial charge is 0.463 e. The van der Waals surface area contributed by atoms with Crippen LogP contribution in [0.15, 0.2) is 55.1 Å². The normalized spacial score (nSPS) is 19.3. The number of furan rings is 1. The maximum absolute atomic E-state index is 13.6. The van der Waals surface area contributed by atoms with Gasteiger partial charge in [0.15, 0.2) is 10.7 Å². The number of carbonyl (C=O) groups is 1. The number of hydrogen-bond acceptors (Lipinski definition) is 8. The molecule has 0 spiro atoms. The number of hydrogen-bond donors (Lipinski definition) is 0. The van der Waals surface area contributed by atoms with Crippen LogP contribution < -0.4 is 19.8 Å². The fourth-order valence-electron chi connectivity index (χ4n) is 4.46. The molecule has 3 aromatic heterocycles. The average Bonchev–Trinajstić information content (AvgIpc) is 3.56. The lowest BCUT2D eigenvalue weighted by atomic mass is 9.99. The Hall–Kier alpha value is -2.91. The van der Waals surface area contributed by atoms with Gasteiger partial charge in [0.1, 0.15) is 11.8 Å². The number of allylic oxidation sites excluding steroid dienone is 1. The number of ether oxygens (including phenoxy) is 1. The lowest BCUT2D eigenvalue weighted by Gasteiger charge is -2.29. The van der Waals surface area contributed by atoms with Crippen molar-refractivity contribution in [2.24, 2.45) is 10.9 Å². The Balaban J connectivity index is 1.55. The second kappa shape index (κ2) is 9.38. The lowest BCUT2D eigenvalue weighted by molar-refractivity contribution is -0.139. The molecule has 34 heavy (non-hydrogen) atoms. The molecule has 1 atom stereocenters. The van der Waals surface area contributed by atoms with E-state index in [0.29, 0.717) is 26.4 Å². The summed E-state index contributed by atoms with van der Waals surface area (Å²) in [4.78, 5) is 34.7. The van der Waals surface area contributed by atoms with Gasteiger partial charge in [0, 0.05) is 30.1 Å². The summed E-state index contributed by atoms with van der Waals surface area (Å²) in [5.41, 5.74) is 0.785. The van der Waals surface area contributed by atoms with Crippen LogP contribution in [0.1, 0.15) is 50.3 Å². The summed E-state index contributed by atoms with van der Waals surface area (Å²) in [6.07, 6.45) is 4.08. The van der Waals surface area contributed by atoms with Crippen LogP contribution in [0.4, 0.5) is 5.88 Å². The highest BCUT2D eigenvalue weighted by atomic mass is 32.1. The first-order chi connectivity index (χ1) is 16.5. The molecule has 9 heteroatoms. The third-order valence-electron chi connectivity index (χ3n) is 6.31. The Labute approximate surface area is 205 Å². The zero-order valence-electron chi connectivity index (χ0n) is 19.4. The Morgan fingerprint density at radius 1 is 1.29 bits per heavy atom. The molecule has 0 radical (unpaired) electrons. The van der Waals surface area contributed by atoms with E-state index in [4.69, 9.17) is 9.15 Å². The van der Waals surface area contributed by atoms with Gasteiger partial charge in [0.05, 0.1) is 22.4 Å². The minimum atomic E-state index is -0.556. The number of fused-ring (bicyclic) bond motifs is 1. The highest BCUT2D eigenvalue weighted by molar-refractivity contribution is 7.10. The van der Waals surface area contributed by atoms with Crippen molar-refractivity contribution in [1.29, 1.82) is 0 Å². The molecule has 0 N–H and O–H groups in total. The topological polar surface area (TPSA) is 77.0 Å². The first-order valence-corrected chi connectivity index (χ1v) is 13.2. The fraction of sp³-hybridized carbons (Fsp3) is 0.400. The molecule has 5 rings (SSSR count). The van der Waals surface area contributed by atoms with E-state index in [-0.39, 0.29) is 12.2 Å². The van der Waals surface area contributed by atoms with Crippen molar-refractivity contribution in [2.45, 2.75) is 39.7 Å². The van der Waals surface area contributed by atoms with E-state index in [0.717, 1.165) is 42.6 Å². The summed E-state index contributed by atoms with van der Waals surface area (Å²) < 4.78 is 13.5. The Kier molecular flexibility index (Phi) is 6.31. The predicted molar refractivity (Wildman–Crippen MR) is 134 cm³/mol. The Morgan fingerprint density at radius 3 is 2.79 bits per heavy atom. The van der Waals surface area contributed by atoms with Gasteiger partial charge in [0.25, 0.3) is 5.56 Å². The second-order valence-electron chi connectivity index (χ2n) is 8.66. The molecular weight excluding hydrogens is 470 g/mol. The lowest BCUT2D eigenvalue weighted by Crippen LogP contribution is -2.39. The summed E-state index contributed by atoms with van der Waals surface area (Å²) >= 11 is 2.81. The summed E-state index contributed by atoms with van der Waals surface area (Å²) in [6.45, 7) is 8.06. The SMILES string of the molecule is CCOC(=O)C1=C(C)N=c2s/c(=C\c3ccc(N4CCC(C)CC4)o3)c(=O)n2C1c1cccs1. The minimum Gasteiger partial charge on any atom is -0.463 e. The summed E-state index contributed by atoms with van der Waals surface area (Å²) in [7, 11) is 0. The molecule has 1 fully saturated rings. The van der Waals surface area contributed by atoms with E-state index >= 15 is 0 Å². The summed E-state index contributed by atoms with van der Waals surface area (Å²) in [5.74, 6) is 1.77. The quantitative estimate of drug-likeness (QED) is 0.503. The van der Waals surface area contributed by atoms with E-state index in [2.05, 4.69) is 16.8 Å². The average molecular weight is 498 g/mol. The van der Waals surface area contributed by atoms with Crippen LogP contribution in [-0.2, 0) is 9.53 Å². The third-order valence-corrected chi connectivity index (χ3v) is 8.22. The maximum atomic E-state index is 13.6. The highest BCUT2D eigenvalue weighted by Crippen LogP contribution is 2.33. The standard InChI is InChI=1S/C25H27N3O4S2/c1-4-31-24(30)21-16(3)26-25-28(22(21)18-6-5-13-33-18)23(29)19(34-25)14-17-7-8-20(32-17)27-11-9-15(2)10-12-27/h5-8,13-15,22H,4,9-12H2,1-3H3/b19-14-. The van der Waals surface area contributed by atoms with Crippen molar-refractivity contribution >= 4 is 40.6 Å². The van der Waals surface area contributed by atoms with Gasteiger partial charge in [0.2, 0.25) is 0 Å². The first-order valence-electron chi connectivity index (χ1n) is 11.5. The minimum absolute atomic E-state index is 0.193. The molecule has 2 aliphatic heterocycles. The zero-order valence-corrected chi connectivity index (χ0v) is 21.1. The monoisotopic (exact) mass is 497 g/mol. The van der Waals surface area contributed by atoms with Crippen molar-refractivity contribution in [3.8, 4) is 0 Å². The molecule has 0 amide bonds. The first kappa shape index (κ1) is 22.9. The van der Waals surface area contributed by atoms with Gasteiger partial charge in [-0.1, -0.05) is 24.3 Å². The van der Waals surface area contributed by atoms with E-state index in [9.17, 15) is 9.59 Å². The molecule has 3 aromatic rings. The molecule has 7 nitrogen and oxygen atoms in total. The molecule has 0 bridgehead atoms. The molecule has 1 unspecified atom stereocenters. The number of esters is 1. The van der Waals surface area contributed by atoms with Gasteiger partial charge >= 0.3 is 5.97 Å². The fourth-order valence-corrected chi connectivity index (χ4v) is 6.31. The van der Waals surface area contributed by atoms with Gasteiger partial charge < -0.3 is 14.1 Å². The number of rotatable bonds is 5. The number of thiophene rings is 1. The molecule has 5 heterocycles. The van der Waals surface area contributed by atoms with Gasteiger partial charge in [-0.2, -0.15) is 0 Å². The number of carbonyl (C=O) groups excluding carboxylic acids is 1. The van der Waals surface area contributed by atoms with Gasteiger partial charge in [-0.05, 0) is 50.1 Å². The van der Waals surface area contributed by atoms with Crippen LogP contribution >= 0.6 is 22.7 Å². The van der Waals surface area contributed by atoms with Crippen LogP contribution in [0.5, 0.6) is 0 Å². The summed E-state index contributed by atoms with van der Waals surface area (Å²) in [5, 5.41) is 1.94. The van der Waals surface area contributed by atoms with E-state index in [1.807, 2.05) is 29.6 Å². The molecule has 0 aliphatic carbocycles. The van der Waals surface area contributed by atoms with E-state index in [1.54, 1.807) is 24.5 Å². The van der Waals surface area contributed by atoms with Gasteiger partial charge in [-0.15, -0.1) is 11.3 Å². The predicted octanol–water partition coefficient (Wildman–Crippen LogP) is 3.69.